The molecule has 214 valence electrons. The first kappa shape index (κ1) is 30.7. The Bertz CT molecular complexity index is 1050. The molecule has 0 heterocycles. The zero-order valence-corrected chi connectivity index (χ0v) is 24.4. The second kappa shape index (κ2) is 13.5. The predicted octanol–water partition coefficient (Wildman–Crippen LogP) is 6.84. The first-order valence-electron chi connectivity index (χ1n) is 14.3. The molecule has 1 fully saturated rings. The number of carbonyl (C=O) groups is 2. The number of methoxy groups -OCH3 is 1. The number of esters is 1. The molecule has 0 bridgehead atoms. The molecule has 1 amide bonds. The molecular weight excluding hydrogens is 490 g/mol. The molecule has 1 unspecified atom stereocenters. The maximum absolute atomic E-state index is 13.5. The van der Waals surface area contributed by atoms with Crippen LogP contribution in [0, 0.1) is 16.7 Å². The highest BCUT2D eigenvalue weighted by Gasteiger charge is 2.46. The van der Waals surface area contributed by atoms with Crippen LogP contribution in [0.4, 0.5) is 4.79 Å². The molecule has 2 N–H and O–H groups in total. The van der Waals surface area contributed by atoms with Gasteiger partial charge < -0.3 is 19.9 Å². The number of aliphatic hydroxyl groups is 1. The summed E-state index contributed by atoms with van der Waals surface area (Å²) in [5, 5.41) is 14.3. The van der Waals surface area contributed by atoms with Gasteiger partial charge in [0.25, 0.3) is 0 Å². The molecule has 6 nitrogen and oxygen atoms in total. The van der Waals surface area contributed by atoms with Crippen LogP contribution < -0.4 is 5.32 Å². The van der Waals surface area contributed by atoms with Gasteiger partial charge in [-0.05, 0) is 72.8 Å². The van der Waals surface area contributed by atoms with Gasteiger partial charge in [0.05, 0.1) is 13.2 Å². The molecule has 0 radical (unpaired) electrons. The van der Waals surface area contributed by atoms with Crippen molar-refractivity contribution in [1.29, 1.82) is 0 Å². The minimum absolute atomic E-state index is 0.0229. The van der Waals surface area contributed by atoms with Gasteiger partial charge in [0.1, 0.15) is 12.1 Å². The van der Waals surface area contributed by atoms with Crippen LogP contribution in [0.15, 0.2) is 60.7 Å². The summed E-state index contributed by atoms with van der Waals surface area (Å²) < 4.78 is 10.9. The number of rotatable bonds is 10. The number of ether oxygens (including phenoxy) is 2. The lowest BCUT2D eigenvalue weighted by molar-refractivity contribution is -0.150. The highest BCUT2D eigenvalue weighted by atomic mass is 16.6. The first-order chi connectivity index (χ1) is 18.5. The number of carbonyl (C=O) groups excluding carboxylic acids is 2. The van der Waals surface area contributed by atoms with E-state index in [1.807, 2.05) is 60.7 Å². The lowest BCUT2D eigenvalue weighted by atomic mass is 9.62. The topological polar surface area (TPSA) is 84.9 Å². The van der Waals surface area contributed by atoms with E-state index in [4.69, 9.17) is 9.47 Å². The van der Waals surface area contributed by atoms with Crippen molar-refractivity contribution >= 4 is 12.1 Å². The van der Waals surface area contributed by atoms with E-state index in [0.29, 0.717) is 25.7 Å². The summed E-state index contributed by atoms with van der Waals surface area (Å²) in [5.41, 5.74) is 0.508. The molecule has 2 aromatic carbocycles. The quantitative estimate of drug-likeness (QED) is 0.324. The van der Waals surface area contributed by atoms with Gasteiger partial charge in [0.15, 0.2) is 0 Å². The third kappa shape index (κ3) is 8.56. The summed E-state index contributed by atoms with van der Waals surface area (Å²) in [5.74, 6) is -0.459. The molecule has 0 saturated heterocycles. The van der Waals surface area contributed by atoms with E-state index < -0.39 is 23.7 Å². The number of benzene rings is 2. The van der Waals surface area contributed by atoms with Crippen LogP contribution in [0.3, 0.4) is 0 Å². The summed E-state index contributed by atoms with van der Waals surface area (Å²) in [4.78, 5) is 26.7. The van der Waals surface area contributed by atoms with Crippen LogP contribution in [0.2, 0.25) is 0 Å². The summed E-state index contributed by atoms with van der Waals surface area (Å²) in [6.07, 6.45) is 4.57. The second-order valence-corrected chi connectivity index (χ2v) is 12.4. The van der Waals surface area contributed by atoms with Crippen LogP contribution in [-0.2, 0) is 27.3 Å². The summed E-state index contributed by atoms with van der Waals surface area (Å²) in [6, 6.07) is 19.4. The SMILES string of the molecule is CCC1(C)CC[C@H](C[C@@](CCc2ccccc2)(NC(=O)OCc2ccccc2)C(=O)OC)C[C@@H](O)C(C)(C)C1. The monoisotopic (exact) mass is 537 g/mol. The van der Waals surface area contributed by atoms with Gasteiger partial charge in [-0.1, -0.05) is 94.8 Å². The minimum Gasteiger partial charge on any atom is -0.467 e. The number of hydrogen-bond donors (Lipinski definition) is 2. The van der Waals surface area contributed by atoms with E-state index in [2.05, 4.69) is 33.0 Å². The van der Waals surface area contributed by atoms with Crippen LogP contribution in [0.25, 0.3) is 0 Å². The Morgan fingerprint density at radius 2 is 1.64 bits per heavy atom. The van der Waals surface area contributed by atoms with Crippen molar-refractivity contribution in [1.82, 2.24) is 5.32 Å². The lowest BCUT2D eigenvalue weighted by Gasteiger charge is -2.45. The fourth-order valence-corrected chi connectivity index (χ4v) is 6.20. The van der Waals surface area contributed by atoms with E-state index in [1.165, 1.54) is 7.11 Å². The van der Waals surface area contributed by atoms with Crippen LogP contribution in [0.5, 0.6) is 0 Å². The standard InChI is InChI=1S/C33H47NO5/c1-6-32(4)19-17-27(21-28(35)31(2,3)24-32)22-33(29(36)38-5,20-18-25-13-9-7-10-14-25)34-30(37)39-23-26-15-11-8-12-16-26/h7-16,27-28,35H,6,17-24H2,1-5H3,(H,34,37)/t27-,28+,32?,33+/m0/s1. The molecule has 1 aliphatic rings. The number of amides is 1. The Labute approximate surface area is 234 Å². The normalized spacial score (nSPS) is 24.5. The van der Waals surface area contributed by atoms with Crippen LogP contribution in [-0.4, -0.2) is 35.9 Å². The van der Waals surface area contributed by atoms with E-state index in [0.717, 1.165) is 36.8 Å². The molecule has 0 spiro atoms. The molecule has 39 heavy (non-hydrogen) atoms. The van der Waals surface area contributed by atoms with Gasteiger partial charge >= 0.3 is 12.1 Å². The van der Waals surface area contributed by atoms with Gasteiger partial charge in [-0.25, -0.2) is 9.59 Å². The fourth-order valence-electron chi connectivity index (χ4n) is 6.20. The smallest absolute Gasteiger partial charge is 0.408 e. The maximum atomic E-state index is 13.5. The Balaban J connectivity index is 1.88. The summed E-state index contributed by atoms with van der Waals surface area (Å²) >= 11 is 0. The van der Waals surface area contributed by atoms with Crippen LogP contribution in [0.1, 0.15) is 83.8 Å². The van der Waals surface area contributed by atoms with Gasteiger partial charge in [-0.15, -0.1) is 0 Å². The number of hydrogen-bond acceptors (Lipinski definition) is 5. The molecule has 4 atom stereocenters. The van der Waals surface area contributed by atoms with Crippen molar-refractivity contribution < 1.29 is 24.2 Å². The number of alkyl carbamates (subject to hydrolysis) is 1. The summed E-state index contributed by atoms with van der Waals surface area (Å²) in [6.45, 7) is 8.88. The number of nitrogens with one attached hydrogen (secondary N) is 1. The second-order valence-electron chi connectivity index (χ2n) is 12.4. The highest BCUT2D eigenvalue weighted by molar-refractivity contribution is 5.85. The molecule has 1 saturated carbocycles. The van der Waals surface area contributed by atoms with Crippen molar-refractivity contribution in [2.45, 2.75) is 97.3 Å². The first-order valence-corrected chi connectivity index (χ1v) is 14.3. The van der Waals surface area contributed by atoms with Crippen LogP contribution >= 0.6 is 0 Å². The Kier molecular flexibility index (Phi) is 10.6. The van der Waals surface area contributed by atoms with Gasteiger partial charge in [-0.3, -0.25) is 0 Å². The third-order valence-corrected chi connectivity index (χ3v) is 8.80. The van der Waals surface area contributed by atoms with E-state index >= 15 is 0 Å². The average molecular weight is 538 g/mol. The van der Waals surface area contributed by atoms with Crippen molar-refractivity contribution in [3.63, 3.8) is 0 Å². The zero-order valence-electron chi connectivity index (χ0n) is 24.4. The number of aryl methyl sites for hydroxylation is 1. The zero-order chi connectivity index (χ0) is 28.5. The molecular formula is C33H47NO5. The Morgan fingerprint density at radius 1 is 1.03 bits per heavy atom. The molecule has 2 aromatic rings. The van der Waals surface area contributed by atoms with E-state index in [-0.39, 0.29) is 23.4 Å². The third-order valence-electron chi connectivity index (χ3n) is 8.80. The maximum Gasteiger partial charge on any atom is 0.408 e. The van der Waals surface area contributed by atoms with Gasteiger partial charge in [0.2, 0.25) is 0 Å². The van der Waals surface area contributed by atoms with Gasteiger partial charge in [-0.2, -0.15) is 0 Å². The van der Waals surface area contributed by atoms with Crippen molar-refractivity contribution in [3.8, 4) is 0 Å². The van der Waals surface area contributed by atoms with Gasteiger partial charge in [0, 0.05) is 0 Å². The van der Waals surface area contributed by atoms with Crippen molar-refractivity contribution in [2.24, 2.45) is 16.7 Å². The lowest BCUT2D eigenvalue weighted by Crippen LogP contribution is -2.57. The molecule has 0 aromatic heterocycles. The largest absolute Gasteiger partial charge is 0.467 e. The van der Waals surface area contributed by atoms with Crippen molar-refractivity contribution in [2.75, 3.05) is 7.11 Å². The molecule has 0 aliphatic heterocycles. The van der Waals surface area contributed by atoms with E-state index in [9.17, 15) is 14.7 Å². The number of aliphatic hydroxyl groups excluding tert-OH is 1. The summed E-state index contributed by atoms with van der Waals surface area (Å²) in [7, 11) is 1.36. The fraction of sp³-hybridized carbons (Fsp3) is 0.576. The predicted molar refractivity (Wildman–Crippen MR) is 154 cm³/mol. The van der Waals surface area contributed by atoms with Crippen molar-refractivity contribution in [3.05, 3.63) is 71.8 Å². The molecule has 3 rings (SSSR count). The molecule has 6 heteroatoms. The highest BCUT2D eigenvalue weighted by Crippen LogP contribution is 2.47. The molecule has 1 aliphatic carbocycles. The van der Waals surface area contributed by atoms with E-state index in [1.54, 1.807) is 0 Å². The Hall–Kier alpha value is -2.86. The minimum atomic E-state index is -1.28. The average Bonchev–Trinajstić information content (AvgIpc) is 2.93. The Morgan fingerprint density at radius 3 is 2.23 bits per heavy atom.